The van der Waals surface area contributed by atoms with E-state index in [1.165, 1.54) is 94.6 Å². The minimum absolute atomic E-state index is 0.307. The molecule has 2 N–H and O–H groups in total. The molecule has 2 heteroatoms. The topological polar surface area (TPSA) is 24.1 Å². The molecule has 1 aromatic carbocycles. The number of rotatable bonds is 21. The summed E-state index contributed by atoms with van der Waals surface area (Å²) < 4.78 is 0. The Morgan fingerprint density at radius 3 is 2.03 bits per heavy atom. The third-order valence-electron chi connectivity index (χ3n) is 7.21. The number of unbranched alkanes of at least 4 members (excludes halogenated alkanes) is 6. The van der Waals surface area contributed by atoms with Crippen LogP contribution in [-0.2, 0) is 13.0 Å². The summed E-state index contributed by atoms with van der Waals surface area (Å²) in [7, 11) is 0. The second kappa shape index (κ2) is 18.6. The van der Waals surface area contributed by atoms with Crippen LogP contribution in [0, 0.1) is 5.92 Å². The van der Waals surface area contributed by atoms with Gasteiger partial charge in [0.15, 0.2) is 0 Å². The quantitative estimate of drug-likeness (QED) is 0.186. The zero-order valence-corrected chi connectivity index (χ0v) is 22.4. The van der Waals surface area contributed by atoms with Gasteiger partial charge in [-0.15, -0.1) is 0 Å². The van der Waals surface area contributed by atoms with E-state index in [9.17, 15) is 0 Å². The highest BCUT2D eigenvalue weighted by molar-refractivity contribution is 5.22. The number of hydrogen-bond acceptors (Lipinski definition) is 2. The largest absolute Gasteiger partial charge is 0.312 e. The fraction of sp³-hybridized carbons (Fsp3) is 0.800. The average molecular weight is 445 g/mol. The first-order valence-electron chi connectivity index (χ1n) is 14.1. The lowest BCUT2D eigenvalue weighted by Crippen LogP contribution is -2.43. The van der Waals surface area contributed by atoms with Gasteiger partial charge in [0, 0.05) is 12.1 Å². The zero-order valence-electron chi connectivity index (χ0n) is 22.4. The molecule has 186 valence electrons. The second-order valence-corrected chi connectivity index (χ2v) is 10.4. The number of hydrogen-bond donors (Lipinski definition) is 2. The smallest absolute Gasteiger partial charge is 0.0205 e. The van der Waals surface area contributed by atoms with Gasteiger partial charge in [0.2, 0.25) is 0 Å². The van der Waals surface area contributed by atoms with Gasteiger partial charge in [-0.2, -0.15) is 0 Å². The van der Waals surface area contributed by atoms with Gasteiger partial charge in [0.1, 0.15) is 0 Å². The summed E-state index contributed by atoms with van der Waals surface area (Å²) >= 11 is 0. The predicted molar refractivity (Wildman–Crippen MR) is 144 cm³/mol. The Kier molecular flexibility index (Phi) is 16.9. The van der Waals surface area contributed by atoms with Crippen LogP contribution in [0.4, 0.5) is 0 Å². The molecule has 0 amide bonds. The van der Waals surface area contributed by atoms with Crippen molar-refractivity contribution in [1.29, 1.82) is 0 Å². The average Bonchev–Trinajstić information content (AvgIpc) is 2.80. The van der Waals surface area contributed by atoms with Gasteiger partial charge in [0.25, 0.3) is 0 Å². The summed E-state index contributed by atoms with van der Waals surface area (Å²) in [6.07, 6.45) is 18.6. The molecule has 2 unspecified atom stereocenters. The van der Waals surface area contributed by atoms with Crippen molar-refractivity contribution in [2.24, 2.45) is 5.92 Å². The summed E-state index contributed by atoms with van der Waals surface area (Å²) in [6.45, 7) is 14.9. The van der Waals surface area contributed by atoms with E-state index in [2.05, 4.69) is 69.5 Å². The monoisotopic (exact) mass is 444 g/mol. The first-order valence-corrected chi connectivity index (χ1v) is 14.1. The highest BCUT2D eigenvalue weighted by Gasteiger charge is 2.21. The third kappa shape index (κ3) is 13.6. The zero-order chi connectivity index (χ0) is 23.5. The van der Waals surface area contributed by atoms with E-state index < -0.39 is 0 Å². The van der Waals surface area contributed by atoms with E-state index >= 15 is 0 Å². The van der Waals surface area contributed by atoms with E-state index in [1.807, 2.05) is 0 Å². The van der Waals surface area contributed by atoms with Crippen molar-refractivity contribution in [1.82, 2.24) is 10.6 Å². The van der Waals surface area contributed by atoms with Gasteiger partial charge in [-0.3, -0.25) is 0 Å². The molecule has 1 aromatic rings. The molecule has 2 atom stereocenters. The molecular weight excluding hydrogens is 388 g/mol. The molecule has 0 bridgehead atoms. The standard InChI is InChI=1S/C30H56N2/c1-6-10-13-14-16-27(9-4)25-31-26-29-19-17-28(18-20-29)21-24-32-30(5,22-12-8-3)23-15-11-7-2/h17-20,27,31-32H,6-16,21-26H2,1-5H3. The molecule has 0 saturated heterocycles. The molecule has 0 fully saturated rings. The van der Waals surface area contributed by atoms with Crippen LogP contribution in [0.25, 0.3) is 0 Å². The summed E-state index contributed by atoms with van der Waals surface area (Å²) in [4.78, 5) is 0. The van der Waals surface area contributed by atoms with Crippen molar-refractivity contribution in [2.45, 2.75) is 137 Å². The van der Waals surface area contributed by atoms with E-state index in [4.69, 9.17) is 0 Å². The Morgan fingerprint density at radius 1 is 0.750 bits per heavy atom. The Hall–Kier alpha value is -0.860. The van der Waals surface area contributed by atoms with Gasteiger partial charge in [-0.05, 0) is 62.7 Å². The van der Waals surface area contributed by atoms with Crippen LogP contribution in [-0.4, -0.2) is 18.6 Å². The number of benzene rings is 1. The Bertz CT molecular complexity index is 538. The first kappa shape index (κ1) is 29.2. The van der Waals surface area contributed by atoms with E-state index in [0.717, 1.165) is 32.0 Å². The lowest BCUT2D eigenvalue weighted by Gasteiger charge is -2.31. The molecule has 0 aliphatic carbocycles. The molecule has 0 radical (unpaired) electrons. The molecular formula is C30H56N2. The first-order chi connectivity index (χ1) is 15.6. The summed E-state index contributed by atoms with van der Waals surface area (Å²) in [5, 5.41) is 7.63. The van der Waals surface area contributed by atoms with Crippen molar-refractivity contribution >= 4 is 0 Å². The van der Waals surface area contributed by atoms with Crippen molar-refractivity contribution in [3.8, 4) is 0 Å². The minimum atomic E-state index is 0.307. The van der Waals surface area contributed by atoms with Crippen LogP contribution in [0.5, 0.6) is 0 Å². The SMILES string of the molecule is CCCCCCC(CC)CNCc1ccc(CCNC(C)(CCCC)CCCCC)cc1. The van der Waals surface area contributed by atoms with E-state index in [0.29, 0.717) is 5.54 Å². The maximum Gasteiger partial charge on any atom is 0.0205 e. The normalized spacial score (nSPS) is 14.4. The highest BCUT2D eigenvalue weighted by atomic mass is 15.0. The van der Waals surface area contributed by atoms with Crippen LogP contribution in [0.15, 0.2) is 24.3 Å². The van der Waals surface area contributed by atoms with Crippen molar-refractivity contribution in [2.75, 3.05) is 13.1 Å². The van der Waals surface area contributed by atoms with Crippen LogP contribution in [0.1, 0.15) is 129 Å². The van der Waals surface area contributed by atoms with Gasteiger partial charge in [0.05, 0.1) is 0 Å². The second-order valence-electron chi connectivity index (χ2n) is 10.4. The molecule has 0 aliphatic heterocycles. The predicted octanol–water partition coefficient (Wildman–Crippen LogP) is 8.43. The molecule has 2 nitrogen and oxygen atoms in total. The van der Waals surface area contributed by atoms with E-state index in [-0.39, 0.29) is 0 Å². The summed E-state index contributed by atoms with van der Waals surface area (Å²) in [5.74, 6) is 0.830. The molecule has 0 heterocycles. The highest BCUT2D eigenvalue weighted by Crippen LogP contribution is 2.22. The minimum Gasteiger partial charge on any atom is -0.312 e. The van der Waals surface area contributed by atoms with Crippen molar-refractivity contribution < 1.29 is 0 Å². The molecule has 0 saturated carbocycles. The van der Waals surface area contributed by atoms with Crippen molar-refractivity contribution in [3.63, 3.8) is 0 Å². The van der Waals surface area contributed by atoms with Gasteiger partial charge in [-0.1, -0.05) is 116 Å². The molecule has 1 rings (SSSR count). The van der Waals surface area contributed by atoms with Crippen LogP contribution < -0.4 is 10.6 Å². The fourth-order valence-electron chi connectivity index (χ4n) is 4.70. The number of nitrogens with one attached hydrogen (secondary N) is 2. The summed E-state index contributed by atoms with van der Waals surface area (Å²) in [6, 6.07) is 9.31. The van der Waals surface area contributed by atoms with Gasteiger partial charge in [-0.25, -0.2) is 0 Å². The molecule has 0 aromatic heterocycles. The Labute approximate surface area is 201 Å². The third-order valence-corrected chi connectivity index (χ3v) is 7.21. The lowest BCUT2D eigenvalue weighted by molar-refractivity contribution is 0.292. The van der Waals surface area contributed by atoms with Gasteiger partial charge < -0.3 is 10.6 Å². The lowest BCUT2D eigenvalue weighted by atomic mass is 9.88. The Morgan fingerprint density at radius 2 is 1.38 bits per heavy atom. The van der Waals surface area contributed by atoms with E-state index in [1.54, 1.807) is 0 Å². The Balaban J connectivity index is 2.35. The summed E-state index contributed by atoms with van der Waals surface area (Å²) in [5.41, 5.74) is 3.17. The van der Waals surface area contributed by atoms with Crippen molar-refractivity contribution in [3.05, 3.63) is 35.4 Å². The maximum atomic E-state index is 3.92. The molecule has 0 spiro atoms. The van der Waals surface area contributed by atoms with Crippen LogP contribution >= 0.6 is 0 Å². The van der Waals surface area contributed by atoms with Crippen LogP contribution in [0.2, 0.25) is 0 Å². The molecule has 0 aliphatic rings. The van der Waals surface area contributed by atoms with Gasteiger partial charge >= 0.3 is 0 Å². The fourth-order valence-corrected chi connectivity index (χ4v) is 4.70. The maximum absolute atomic E-state index is 3.92. The molecule has 32 heavy (non-hydrogen) atoms. The van der Waals surface area contributed by atoms with Crippen LogP contribution in [0.3, 0.4) is 0 Å².